The topological polar surface area (TPSA) is 95.7 Å². The van der Waals surface area contributed by atoms with Crippen LogP contribution in [0.3, 0.4) is 0 Å². The molecule has 0 radical (unpaired) electrons. The third-order valence-electron chi connectivity index (χ3n) is 5.56. The highest BCUT2D eigenvalue weighted by Gasteiger charge is 2.26. The first-order valence-electron chi connectivity index (χ1n) is 9.46. The number of hydrogen-bond acceptors (Lipinski definition) is 6. The minimum Gasteiger partial charge on any atom is -0.351 e. The molecule has 0 saturated heterocycles. The van der Waals surface area contributed by atoms with E-state index in [4.69, 9.17) is 22.3 Å². The first kappa shape index (κ1) is 16.8. The summed E-state index contributed by atoms with van der Waals surface area (Å²) in [5, 5.41) is 4.27. The van der Waals surface area contributed by atoms with Crippen molar-refractivity contribution >= 4 is 40.2 Å². The van der Waals surface area contributed by atoms with Gasteiger partial charge in [-0.15, -0.1) is 0 Å². The number of aromatic nitrogens is 4. The van der Waals surface area contributed by atoms with Crippen LogP contribution in [0, 0.1) is 0 Å². The molecule has 140 valence electrons. The molecule has 0 bridgehead atoms. The van der Waals surface area contributed by atoms with Crippen molar-refractivity contribution in [1.82, 2.24) is 19.9 Å². The van der Waals surface area contributed by atoms with Gasteiger partial charge in [0, 0.05) is 29.3 Å². The summed E-state index contributed by atoms with van der Waals surface area (Å²) in [5.41, 5.74) is 9.93. The lowest BCUT2D eigenvalue weighted by molar-refractivity contribution is 0.410. The van der Waals surface area contributed by atoms with E-state index in [1.807, 2.05) is 12.1 Å². The maximum absolute atomic E-state index is 6.16. The fourth-order valence-electron chi connectivity index (χ4n) is 4.11. The van der Waals surface area contributed by atoms with E-state index in [2.05, 4.69) is 31.2 Å². The van der Waals surface area contributed by atoms with Crippen molar-refractivity contribution in [2.75, 3.05) is 16.8 Å². The molecular formula is C19H22ClN7. The molecule has 0 atom stereocenters. The quantitative estimate of drug-likeness (QED) is 0.641. The second-order valence-corrected chi connectivity index (χ2v) is 7.84. The van der Waals surface area contributed by atoms with Crippen molar-refractivity contribution < 1.29 is 0 Å². The number of nitrogens with one attached hydrogen (secondary N) is 2. The fraction of sp³-hybridized carbons (Fsp3) is 0.421. The van der Waals surface area contributed by atoms with Gasteiger partial charge in [-0.2, -0.15) is 9.97 Å². The highest BCUT2D eigenvalue weighted by molar-refractivity contribution is 6.30. The normalized spacial score (nSPS) is 22.2. The van der Waals surface area contributed by atoms with Crippen molar-refractivity contribution in [1.29, 1.82) is 0 Å². The van der Waals surface area contributed by atoms with Crippen LogP contribution in [0.4, 0.5) is 17.5 Å². The van der Waals surface area contributed by atoms with Gasteiger partial charge in [-0.05, 0) is 55.9 Å². The van der Waals surface area contributed by atoms with Gasteiger partial charge < -0.3 is 20.9 Å². The van der Waals surface area contributed by atoms with Crippen molar-refractivity contribution in [2.45, 2.75) is 44.2 Å². The lowest BCUT2D eigenvalue weighted by Crippen LogP contribution is -2.33. The molecular weight excluding hydrogens is 362 g/mol. The van der Waals surface area contributed by atoms with Gasteiger partial charge in [0.25, 0.3) is 0 Å². The Kier molecular flexibility index (Phi) is 4.13. The summed E-state index contributed by atoms with van der Waals surface area (Å²) in [6, 6.07) is 6.70. The van der Waals surface area contributed by atoms with E-state index in [0.717, 1.165) is 66.3 Å². The number of imidazole rings is 1. The average Bonchev–Trinajstić information content (AvgIpc) is 3.29. The van der Waals surface area contributed by atoms with Gasteiger partial charge in [-0.3, -0.25) is 0 Å². The number of fused-ring (bicyclic) bond motifs is 2. The standard InChI is InChI=1S/C19H22ClN7/c20-12-1-6-15-11(9-12)7-8-27(15)18-16-17(23-10-22-16)25-19(26-18)24-14-4-2-13(21)3-5-14/h1,6,9-10,13-14H,2-5,7-8,21H2,(H2,22,23,24,25,26)/t13-,14-. The molecule has 2 aliphatic rings. The molecule has 3 heterocycles. The number of rotatable bonds is 3. The highest BCUT2D eigenvalue weighted by Crippen LogP contribution is 2.37. The lowest BCUT2D eigenvalue weighted by Gasteiger charge is -2.27. The van der Waals surface area contributed by atoms with Crippen LogP contribution in [-0.2, 0) is 6.42 Å². The molecule has 0 amide bonds. The Hall–Kier alpha value is -2.38. The zero-order valence-electron chi connectivity index (χ0n) is 15.0. The summed E-state index contributed by atoms with van der Waals surface area (Å²) in [6.07, 6.45) is 6.78. The summed E-state index contributed by atoms with van der Waals surface area (Å²) >= 11 is 6.16. The van der Waals surface area contributed by atoms with Gasteiger partial charge in [0.15, 0.2) is 17.0 Å². The average molecular weight is 384 g/mol. The van der Waals surface area contributed by atoms with Gasteiger partial charge in [-0.1, -0.05) is 11.6 Å². The van der Waals surface area contributed by atoms with Crippen molar-refractivity contribution in [3.05, 3.63) is 35.1 Å². The molecule has 7 nitrogen and oxygen atoms in total. The van der Waals surface area contributed by atoms with Crippen LogP contribution in [0.15, 0.2) is 24.5 Å². The number of anilines is 3. The largest absolute Gasteiger partial charge is 0.351 e. The van der Waals surface area contributed by atoms with Gasteiger partial charge in [0.05, 0.1) is 6.33 Å². The minimum absolute atomic E-state index is 0.322. The first-order valence-corrected chi connectivity index (χ1v) is 9.84. The van der Waals surface area contributed by atoms with E-state index >= 15 is 0 Å². The molecule has 1 aliphatic heterocycles. The second-order valence-electron chi connectivity index (χ2n) is 7.40. The third-order valence-corrected chi connectivity index (χ3v) is 5.79. The summed E-state index contributed by atoms with van der Waals surface area (Å²) < 4.78 is 0. The maximum Gasteiger partial charge on any atom is 0.227 e. The lowest BCUT2D eigenvalue weighted by atomic mass is 9.92. The predicted octanol–water partition coefficient (Wildman–Crippen LogP) is 3.38. The number of hydrogen-bond donors (Lipinski definition) is 3. The Bertz CT molecular complexity index is 977. The summed E-state index contributed by atoms with van der Waals surface area (Å²) in [7, 11) is 0. The van der Waals surface area contributed by atoms with E-state index in [9.17, 15) is 0 Å². The number of nitrogens with two attached hydrogens (primary N) is 1. The summed E-state index contributed by atoms with van der Waals surface area (Å²) in [6.45, 7) is 0.854. The molecule has 0 unspecified atom stereocenters. The SMILES string of the molecule is N[C@H]1CC[C@H](Nc2nc(N3CCc4cc(Cl)ccc43)c3nc[nH]c3n2)CC1. The third kappa shape index (κ3) is 3.11. The second kappa shape index (κ2) is 6.65. The van der Waals surface area contributed by atoms with Crippen LogP contribution in [0.2, 0.25) is 5.02 Å². The predicted molar refractivity (Wildman–Crippen MR) is 108 cm³/mol. The van der Waals surface area contributed by atoms with Crippen molar-refractivity contribution in [3.63, 3.8) is 0 Å². The molecule has 0 spiro atoms. The van der Waals surface area contributed by atoms with E-state index in [-0.39, 0.29) is 0 Å². The van der Waals surface area contributed by atoms with Gasteiger partial charge >= 0.3 is 0 Å². The Balaban J connectivity index is 1.50. The minimum atomic E-state index is 0.322. The molecule has 1 fully saturated rings. The molecule has 8 heteroatoms. The zero-order valence-corrected chi connectivity index (χ0v) is 15.7. The monoisotopic (exact) mass is 383 g/mol. The van der Waals surface area contributed by atoms with E-state index in [1.54, 1.807) is 6.33 Å². The molecule has 27 heavy (non-hydrogen) atoms. The van der Waals surface area contributed by atoms with Crippen molar-refractivity contribution in [3.8, 4) is 0 Å². The fourth-order valence-corrected chi connectivity index (χ4v) is 4.30. The Labute approximate surface area is 162 Å². The van der Waals surface area contributed by atoms with Gasteiger partial charge in [-0.25, -0.2) is 4.98 Å². The van der Waals surface area contributed by atoms with Gasteiger partial charge in [0.2, 0.25) is 5.95 Å². The highest BCUT2D eigenvalue weighted by atomic mass is 35.5. The summed E-state index contributed by atoms with van der Waals surface area (Å²) in [5.74, 6) is 1.47. The molecule has 5 rings (SSSR count). The Morgan fingerprint density at radius 3 is 2.89 bits per heavy atom. The molecule has 3 aromatic rings. The molecule has 1 aromatic carbocycles. The molecule has 4 N–H and O–H groups in total. The molecule has 2 aromatic heterocycles. The summed E-state index contributed by atoms with van der Waals surface area (Å²) in [4.78, 5) is 19.3. The Morgan fingerprint density at radius 1 is 1.19 bits per heavy atom. The number of H-pyrrole nitrogens is 1. The van der Waals surface area contributed by atoms with Crippen LogP contribution in [-0.4, -0.2) is 38.6 Å². The van der Waals surface area contributed by atoms with E-state index < -0.39 is 0 Å². The van der Waals surface area contributed by atoms with Crippen LogP contribution >= 0.6 is 11.6 Å². The first-order chi connectivity index (χ1) is 13.2. The van der Waals surface area contributed by atoms with Crippen LogP contribution in [0.5, 0.6) is 0 Å². The maximum atomic E-state index is 6.16. The van der Waals surface area contributed by atoms with E-state index in [0.29, 0.717) is 18.0 Å². The van der Waals surface area contributed by atoms with Gasteiger partial charge in [0.1, 0.15) is 0 Å². The van der Waals surface area contributed by atoms with Crippen LogP contribution in [0.1, 0.15) is 31.2 Å². The number of nitrogens with zero attached hydrogens (tertiary/aromatic N) is 4. The van der Waals surface area contributed by atoms with Crippen molar-refractivity contribution in [2.24, 2.45) is 5.73 Å². The van der Waals surface area contributed by atoms with Crippen LogP contribution in [0.25, 0.3) is 11.2 Å². The Morgan fingerprint density at radius 2 is 2.04 bits per heavy atom. The molecule has 1 aliphatic carbocycles. The zero-order chi connectivity index (χ0) is 18.4. The number of aromatic amines is 1. The number of halogens is 1. The van der Waals surface area contributed by atoms with Crippen LogP contribution < -0.4 is 16.0 Å². The molecule has 1 saturated carbocycles. The number of benzene rings is 1. The smallest absolute Gasteiger partial charge is 0.227 e. The van der Waals surface area contributed by atoms with E-state index in [1.165, 1.54) is 5.56 Å².